The second kappa shape index (κ2) is 10.9. The highest BCUT2D eigenvalue weighted by Crippen LogP contribution is 2.14. The van der Waals surface area contributed by atoms with E-state index in [1.54, 1.807) is 7.05 Å². The average molecular weight is 536 g/mol. The minimum Gasteiger partial charge on any atom is -0.354 e. The number of pyridine rings is 1. The van der Waals surface area contributed by atoms with Gasteiger partial charge in [-0.15, -0.1) is 24.0 Å². The molecular formula is C23H30FIN6. The van der Waals surface area contributed by atoms with Crippen LogP contribution in [0.15, 0.2) is 53.7 Å². The van der Waals surface area contributed by atoms with Crippen LogP contribution in [0.1, 0.15) is 29.8 Å². The molecule has 1 saturated heterocycles. The maximum Gasteiger partial charge on any atom is 0.191 e. The quantitative estimate of drug-likeness (QED) is 0.297. The van der Waals surface area contributed by atoms with Gasteiger partial charge in [0.05, 0.1) is 12.2 Å². The molecule has 6 nitrogen and oxygen atoms in total. The van der Waals surface area contributed by atoms with Gasteiger partial charge in [-0.05, 0) is 49.6 Å². The summed E-state index contributed by atoms with van der Waals surface area (Å²) in [4.78, 5) is 11.5. The summed E-state index contributed by atoms with van der Waals surface area (Å²) in [6.45, 7) is 5.60. The zero-order valence-electron chi connectivity index (χ0n) is 18.0. The smallest absolute Gasteiger partial charge is 0.191 e. The molecule has 0 aliphatic carbocycles. The molecule has 0 unspecified atom stereocenters. The van der Waals surface area contributed by atoms with Gasteiger partial charge in [0, 0.05) is 44.6 Å². The van der Waals surface area contributed by atoms with Gasteiger partial charge in [0.25, 0.3) is 0 Å². The molecule has 31 heavy (non-hydrogen) atoms. The van der Waals surface area contributed by atoms with Crippen LogP contribution in [0.25, 0.3) is 5.65 Å². The zero-order chi connectivity index (χ0) is 20.9. The van der Waals surface area contributed by atoms with Crippen molar-refractivity contribution in [2.45, 2.75) is 38.9 Å². The molecule has 166 valence electrons. The van der Waals surface area contributed by atoms with Gasteiger partial charge in [0.15, 0.2) is 5.96 Å². The number of nitrogens with one attached hydrogen (secondary N) is 2. The molecule has 1 aliphatic rings. The average Bonchev–Trinajstić information content (AvgIpc) is 3.18. The van der Waals surface area contributed by atoms with Crippen molar-refractivity contribution in [1.29, 1.82) is 0 Å². The molecule has 0 bridgehead atoms. The van der Waals surface area contributed by atoms with E-state index < -0.39 is 0 Å². The summed E-state index contributed by atoms with van der Waals surface area (Å²) in [7, 11) is 1.80. The van der Waals surface area contributed by atoms with Gasteiger partial charge in [-0.1, -0.05) is 18.2 Å². The Labute approximate surface area is 200 Å². The Morgan fingerprint density at radius 1 is 1.16 bits per heavy atom. The fraction of sp³-hybridized carbons (Fsp3) is 0.391. The van der Waals surface area contributed by atoms with E-state index in [1.807, 2.05) is 24.3 Å². The first-order valence-electron chi connectivity index (χ1n) is 10.5. The van der Waals surface area contributed by atoms with Crippen molar-refractivity contribution >= 4 is 35.6 Å². The van der Waals surface area contributed by atoms with Crippen LogP contribution in [0.3, 0.4) is 0 Å². The molecule has 0 radical (unpaired) electrons. The van der Waals surface area contributed by atoms with Crippen LogP contribution in [0.2, 0.25) is 0 Å². The lowest BCUT2D eigenvalue weighted by molar-refractivity contribution is 0.198. The standard InChI is InChI=1S/C23H29FN6.HI/c1-17-4-3-5-22-27-21(16-30(17)22)14-26-23(25-2)28-20-10-12-29(13-11-20)15-18-6-8-19(24)9-7-18;/h3-9,16,20H,10-15H2,1-2H3,(H2,25,26,28);1H. The Morgan fingerprint density at radius 3 is 2.58 bits per heavy atom. The largest absolute Gasteiger partial charge is 0.354 e. The SMILES string of the molecule is CN=C(NCc1cn2c(C)cccc2n1)NC1CCN(Cc2ccc(F)cc2)CC1.I. The monoisotopic (exact) mass is 536 g/mol. The van der Waals surface area contributed by atoms with Gasteiger partial charge in [-0.2, -0.15) is 0 Å². The van der Waals surface area contributed by atoms with Gasteiger partial charge < -0.3 is 15.0 Å². The second-order valence-corrected chi connectivity index (χ2v) is 7.87. The van der Waals surface area contributed by atoms with Crippen molar-refractivity contribution in [3.05, 3.63) is 71.4 Å². The number of halogens is 2. The predicted molar refractivity (Wildman–Crippen MR) is 133 cm³/mol. The lowest BCUT2D eigenvalue weighted by Gasteiger charge is -2.33. The van der Waals surface area contributed by atoms with E-state index in [4.69, 9.17) is 0 Å². The fourth-order valence-corrected chi connectivity index (χ4v) is 3.93. The summed E-state index contributed by atoms with van der Waals surface area (Å²) in [6.07, 6.45) is 4.17. The first-order valence-corrected chi connectivity index (χ1v) is 10.5. The van der Waals surface area contributed by atoms with Crippen LogP contribution in [-0.2, 0) is 13.1 Å². The zero-order valence-corrected chi connectivity index (χ0v) is 20.3. The summed E-state index contributed by atoms with van der Waals surface area (Å²) < 4.78 is 15.2. The second-order valence-electron chi connectivity index (χ2n) is 7.87. The Kier molecular flexibility index (Phi) is 8.25. The number of benzene rings is 1. The van der Waals surface area contributed by atoms with Gasteiger partial charge >= 0.3 is 0 Å². The number of hydrogen-bond donors (Lipinski definition) is 2. The topological polar surface area (TPSA) is 57.0 Å². The first kappa shape index (κ1) is 23.5. The number of aromatic nitrogens is 2. The molecule has 0 spiro atoms. The molecule has 2 N–H and O–H groups in total. The van der Waals surface area contributed by atoms with Gasteiger partial charge in [0.1, 0.15) is 11.5 Å². The third kappa shape index (κ3) is 6.16. The van der Waals surface area contributed by atoms with Crippen LogP contribution in [0.4, 0.5) is 4.39 Å². The number of hydrogen-bond acceptors (Lipinski definition) is 3. The highest BCUT2D eigenvalue weighted by atomic mass is 127. The van der Waals surface area contributed by atoms with Crippen LogP contribution in [0.5, 0.6) is 0 Å². The summed E-state index contributed by atoms with van der Waals surface area (Å²) in [6, 6.07) is 13.3. The van der Waals surface area contributed by atoms with Crippen molar-refractivity contribution in [3.8, 4) is 0 Å². The van der Waals surface area contributed by atoms with E-state index in [9.17, 15) is 4.39 Å². The number of aliphatic imine (C=N–C) groups is 1. The highest BCUT2D eigenvalue weighted by molar-refractivity contribution is 14.0. The molecule has 1 fully saturated rings. The van der Waals surface area contributed by atoms with Gasteiger partial charge in [-0.3, -0.25) is 9.89 Å². The lowest BCUT2D eigenvalue weighted by Crippen LogP contribution is -2.48. The van der Waals surface area contributed by atoms with Crippen molar-refractivity contribution in [2.75, 3.05) is 20.1 Å². The van der Waals surface area contributed by atoms with E-state index >= 15 is 0 Å². The third-order valence-electron chi connectivity index (χ3n) is 5.65. The van der Waals surface area contributed by atoms with Crippen molar-refractivity contribution in [3.63, 3.8) is 0 Å². The number of nitrogens with zero attached hydrogens (tertiary/aromatic N) is 4. The third-order valence-corrected chi connectivity index (χ3v) is 5.65. The summed E-state index contributed by atoms with van der Waals surface area (Å²) in [5, 5.41) is 6.92. The fourth-order valence-electron chi connectivity index (χ4n) is 3.93. The maximum absolute atomic E-state index is 13.1. The van der Waals surface area contributed by atoms with E-state index in [1.165, 1.54) is 17.8 Å². The molecule has 4 rings (SSSR count). The van der Waals surface area contributed by atoms with Crippen LogP contribution >= 0.6 is 24.0 Å². The normalized spacial score (nSPS) is 15.6. The predicted octanol–water partition coefficient (Wildman–Crippen LogP) is 3.73. The Hall–Kier alpha value is -2.20. The van der Waals surface area contributed by atoms with Crippen LogP contribution in [0, 0.1) is 12.7 Å². The number of rotatable bonds is 5. The number of aryl methyl sites for hydroxylation is 1. The highest BCUT2D eigenvalue weighted by Gasteiger charge is 2.20. The number of guanidine groups is 1. The van der Waals surface area contributed by atoms with Crippen LogP contribution in [-0.4, -0.2) is 46.4 Å². The van der Waals surface area contributed by atoms with E-state index in [0.717, 1.165) is 55.3 Å². The van der Waals surface area contributed by atoms with Crippen molar-refractivity contribution in [2.24, 2.45) is 4.99 Å². The molecule has 0 atom stereocenters. The lowest BCUT2D eigenvalue weighted by atomic mass is 10.0. The molecule has 1 aromatic carbocycles. The van der Waals surface area contributed by atoms with E-state index in [-0.39, 0.29) is 29.8 Å². The maximum atomic E-state index is 13.1. The minimum absolute atomic E-state index is 0. The Balaban J connectivity index is 0.00000272. The summed E-state index contributed by atoms with van der Waals surface area (Å²) in [5.74, 6) is 0.625. The number of imidazole rings is 1. The molecular weight excluding hydrogens is 506 g/mol. The molecule has 0 amide bonds. The van der Waals surface area contributed by atoms with Crippen LogP contribution < -0.4 is 10.6 Å². The number of fused-ring (bicyclic) bond motifs is 1. The first-order chi connectivity index (χ1) is 14.6. The molecule has 2 aromatic heterocycles. The summed E-state index contributed by atoms with van der Waals surface area (Å²) in [5.41, 5.74) is 4.27. The molecule has 3 aromatic rings. The van der Waals surface area contributed by atoms with Gasteiger partial charge in [0.2, 0.25) is 0 Å². The van der Waals surface area contributed by atoms with E-state index in [2.05, 4.69) is 49.1 Å². The van der Waals surface area contributed by atoms with Gasteiger partial charge in [-0.25, -0.2) is 9.37 Å². The van der Waals surface area contributed by atoms with Crippen molar-refractivity contribution in [1.82, 2.24) is 24.9 Å². The Morgan fingerprint density at radius 2 is 1.90 bits per heavy atom. The molecule has 1 aliphatic heterocycles. The molecule has 0 saturated carbocycles. The number of piperidine rings is 1. The Bertz CT molecular complexity index is 1010. The molecule has 8 heteroatoms. The minimum atomic E-state index is -0.181. The van der Waals surface area contributed by atoms with Crippen molar-refractivity contribution < 1.29 is 4.39 Å². The number of likely N-dealkylation sites (tertiary alicyclic amines) is 1. The molecule has 3 heterocycles. The van der Waals surface area contributed by atoms with E-state index in [0.29, 0.717) is 12.6 Å². The summed E-state index contributed by atoms with van der Waals surface area (Å²) >= 11 is 0.